The molecule has 2 aliphatic heterocycles. The van der Waals surface area contributed by atoms with Crippen molar-refractivity contribution < 1.29 is 22.7 Å². The van der Waals surface area contributed by atoms with Gasteiger partial charge in [0, 0.05) is 28.7 Å². The molecule has 29 heavy (non-hydrogen) atoms. The van der Waals surface area contributed by atoms with Gasteiger partial charge < -0.3 is 10.1 Å². The molecule has 154 valence electrons. The number of carbonyl (C=O) groups is 1. The Balaban J connectivity index is 0.00000240. The third kappa shape index (κ3) is 4.18. The standard InChI is InChI=1S/C20H14Cl2F3NO2.ClH/c21-14-4-12(5-15(22)6-14)17(20(23,24)25)7-18(27)11-1-2-16-13(3-11)8-28-19(16)9-26-10-19;/h1-7,26H,8-10H2;1H. The molecular formula is C20H15Cl3F3NO2. The van der Waals surface area contributed by atoms with Crippen molar-refractivity contribution in [1.82, 2.24) is 5.32 Å². The van der Waals surface area contributed by atoms with Gasteiger partial charge in [0.05, 0.1) is 12.2 Å². The van der Waals surface area contributed by atoms with Crippen molar-refractivity contribution in [1.29, 1.82) is 0 Å². The summed E-state index contributed by atoms with van der Waals surface area (Å²) in [5.41, 5.74) is 0.230. The summed E-state index contributed by atoms with van der Waals surface area (Å²) in [6.07, 6.45) is -4.16. The number of ether oxygens (including phenoxy) is 1. The van der Waals surface area contributed by atoms with Crippen LogP contribution in [0.15, 0.2) is 42.5 Å². The number of ketones is 1. The topological polar surface area (TPSA) is 38.3 Å². The number of fused-ring (bicyclic) bond motifs is 2. The van der Waals surface area contributed by atoms with E-state index in [0.717, 1.165) is 23.3 Å². The summed E-state index contributed by atoms with van der Waals surface area (Å²) in [6, 6.07) is 8.47. The van der Waals surface area contributed by atoms with E-state index in [9.17, 15) is 18.0 Å². The Morgan fingerprint density at radius 1 is 1.07 bits per heavy atom. The summed E-state index contributed by atoms with van der Waals surface area (Å²) < 4.78 is 46.6. The van der Waals surface area contributed by atoms with Crippen LogP contribution in [0.5, 0.6) is 0 Å². The summed E-state index contributed by atoms with van der Waals surface area (Å²) in [5, 5.41) is 3.25. The molecule has 0 amide bonds. The van der Waals surface area contributed by atoms with Crippen LogP contribution in [-0.4, -0.2) is 25.0 Å². The molecule has 1 N–H and O–H groups in total. The monoisotopic (exact) mass is 463 g/mol. The first-order valence-electron chi connectivity index (χ1n) is 8.46. The average molecular weight is 465 g/mol. The van der Waals surface area contributed by atoms with Gasteiger partial charge in [-0.05, 0) is 47.0 Å². The molecule has 2 heterocycles. The Hall–Kier alpha value is -1.57. The molecule has 0 atom stereocenters. The summed E-state index contributed by atoms with van der Waals surface area (Å²) in [4.78, 5) is 12.6. The Kier molecular flexibility index (Phi) is 6.05. The van der Waals surface area contributed by atoms with Gasteiger partial charge >= 0.3 is 6.18 Å². The van der Waals surface area contributed by atoms with Gasteiger partial charge in [-0.25, -0.2) is 0 Å². The summed E-state index contributed by atoms with van der Waals surface area (Å²) in [7, 11) is 0. The fourth-order valence-electron chi connectivity index (χ4n) is 3.50. The molecule has 1 saturated heterocycles. The van der Waals surface area contributed by atoms with Gasteiger partial charge in [-0.2, -0.15) is 13.2 Å². The SMILES string of the molecule is Cl.O=C(C=C(c1cc(Cl)cc(Cl)c1)C(F)(F)F)c1ccc2c(c1)COC21CNC1. The second-order valence-corrected chi connectivity index (χ2v) is 7.71. The molecule has 0 saturated carbocycles. The van der Waals surface area contributed by atoms with E-state index in [0.29, 0.717) is 25.8 Å². The molecule has 0 aliphatic carbocycles. The zero-order valence-electron chi connectivity index (χ0n) is 14.8. The molecular weight excluding hydrogens is 450 g/mol. The lowest BCUT2D eigenvalue weighted by atomic mass is 9.86. The lowest BCUT2D eigenvalue weighted by Crippen LogP contribution is -2.56. The Morgan fingerprint density at radius 3 is 2.28 bits per heavy atom. The normalized spacial score (nSPS) is 17.5. The van der Waals surface area contributed by atoms with Crippen LogP contribution in [0.25, 0.3) is 5.57 Å². The molecule has 0 unspecified atom stereocenters. The van der Waals surface area contributed by atoms with Crippen LogP contribution in [0.1, 0.15) is 27.0 Å². The van der Waals surface area contributed by atoms with Gasteiger partial charge in [-0.1, -0.05) is 35.3 Å². The minimum Gasteiger partial charge on any atom is -0.363 e. The van der Waals surface area contributed by atoms with Gasteiger partial charge in [0.25, 0.3) is 0 Å². The number of nitrogens with one attached hydrogen (secondary N) is 1. The fourth-order valence-corrected chi connectivity index (χ4v) is 4.03. The van der Waals surface area contributed by atoms with Gasteiger partial charge in [-0.15, -0.1) is 12.4 Å². The van der Waals surface area contributed by atoms with E-state index in [-0.39, 0.29) is 39.2 Å². The van der Waals surface area contributed by atoms with E-state index >= 15 is 0 Å². The van der Waals surface area contributed by atoms with Crippen LogP contribution in [0.3, 0.4) is 0 Å². The summed E-state index contributed by atoms with van der Waals surface area (Å²) in [5.74, 6) is -0.751. The van der Waals surface area contributed by atoms with Gasteiger partial charge in [-0.3, -0.25) is 4.79 Å². The van der Waals surface area contributed by atoms with E-state index in [4.69, 9.17) is 27.9 Å². The van der Waals surface area contributed by atoms with Gasteiger partial charge in [0.15, 0.2) is 5.78 Å². The molecule has 1 spiro atoms. The van der Waals surface area contributed by atoms with E-state index < -0.39 is 17.5 Å². The molecule has 9 heteroatoms. The molecule has 0 radical (unpaired) electrons. The van der Waals surface area contributed by atoms with Crippen LogP contribution >= 0.6 is 35.6 Å². The Bertz CT molecular complexity index is 981. The minimum absolute atomic E-state index is 0. The van der Waals surface area contributed by atoms with E-state index in [1.54, 1.807) is 12.1 Å². The minimum atomic E-state index is -4.74. The average Bonchev–Trinajstić information content (AvgIpc) is 2.96. The second-order valence-electron chi connectivity index (χ2n) is 6.84. The molecule has 4 rings (SSSR count). The molecule has 0 bridgehead atoms. The van der Waals surface area contributed by atoms with Crippen molar-refractivity contribution in [2.24, 2.45) is 0 Å². The third-order valence-corrected chi connectivity index (χ3v) is 5.40. The number of benzene rings is 2. The number of allylic oxidation sites excluding steroid dienone is 2. The lowest BCUT2D eigenvalue weighted by molar-refractivity contribution is -0.0746. The van der Waals surface area contributed by atoms with Crippen molar-refractivity contribution in [3.63, 3.8) is 0 Å². The fraction of sp³-hybridized carbons (Fsp3) is 0.250. The highest BCUT2D eigenvalue weighted by atomic mass is 35.5. The van der Waals surface area contributed by atoms with Crippen molar-refractivity contribution >= 4 is 47.0 Å². The third-order valence-electron chi connectivity index (χ3n) is 4.96. The van der Waals surface area contributed by atoms with Crippen molar-refractivity contribution in [3.8, 4) is 0 Å². The van der Waals surface area contributed by atoms with Crippen molar-refractivity contribution in [3.05, 3.63) is 74.8 Å². The number of halogens is 6. The van der Waals surface area contributed by atoms with Crippen molar-refractivity contribution in [2.45, 2.75) is 18.4 Å². The van der Waals surface area contributed by atoms with Crippen LogP contribution in [0, 0.1) is 0 Å². The largest absolute Gasteiger partial charge is 0.417 e. The Morgan fingerprint density at radius 2 is 1.72 bits per heavy atom. The van der Waals surface area contributed by atoms with Crippen LogP contribution < -0.4 is 5.32 Å². The zero-order valence-corrected chi connectivity index (χ0v) is 17.1. The maximum atomic E-state index is 13.6. The predicted molar refractivity (Wildman–Crippen MR) is 108 cm³/mol. The van der Waals surface area contributed by atoms with Crippen molar-refractivity contribution in [2.75, 3.05) is 13.1 Å². The number of hydrogen-bond acceptors (Lipinski definition) is 3. The Labute approximate surface area is 181 Å². The maximum Gasteiger partial charge on any atom is 0.417 e. The lowest BCUT2D eigenvalue weighted by Gasteiger charge is -2.39. The first kappa shape index (κ1) is 22.1. The highest BCUT2D eigenvalue weighted by Crippen LogP contribution is 2.40. The zero-order chi connectivity index (χ0) is 20.1. The molecule has 1 fully saturated rings. The van der Waals surface area contributed by atoms with E-state index in [2.05, 4.69) is 5.32 Å². The number of alkyl halides is 3. The van der Waals surface area contributed by atoms with E-state index in [1.807, 2.05) is 0 Å². The first-order valence-corrected chi connectivity index (χ1v) is 9.21. The highest BCUT2D eigenvalue weighted by molar-refractivity contribution is 6.35. The van der Waals surface area contributed by atoms with Crippen LogP contribution in [0.4, 0.5) is 13.2 Å². The number of hydrogen-bond donors (Lipinski definition) is 1. The number of carbonyl (C=O) groups excluding carboxylic acids is 1. The smallest absolute Gasteiger partial charge is 0.363 e. The molecule has 2 aliphatic rings. The molecule has 2 aromatic carbocycles. The van der Waals surface area contributed by atoms with Gasteiger partial charge in [0.2, 0.25) is 0 Å². The van der Waals surface area contributed by atoms with Crippen LogP contribution in [0.2, 0.25) is 10.0 Å². The van der Waals surface area contributed by atoms with Gasteiger partial charge in [0.1, 0.15) is 5.60 Å². The quantitative estimate of drug-likeness (QED) is 0.477. The van der Waals surface area contributed by atoms with E-state index in [1.165, 1.54) is 12.1 Å². The molecule has 2 aromatic rings. The summed E-state index contributed by atoms with van der Waals surface area (Å²) >= 11 is 11.6. The second kappa shape index (κ2) is 7.93. The first-order chi connectivity index (χ1) is 13.2. The number of rotatable bonds is 3. The molecule has 0 aromatic heterocycles. The maximum absolute atomic E-state index is 13.6. The van der Waals surface area contributed by atoms with Crippen LogP contribution in [-0.2, 0) is 16.9 Å². The molecule has 3 nitrogen and oxygen atoms in total. The highest BCUT2D eigenvalue weighted by Gasteiger charge is 2.45. The summed E-state index contributed by atoms with van der Waals surface area (Å²) in [6.45, 7) is 1.69. The predicted octanol–water partition coefficient (Wildman–Crippen LogP) is 5.57.